The Morgan fingerprint density at radius 3 is 2.30 bits per heavy atom. The number of aromatic carboxylic acids is 1. The molecule has 0 spiro atoms. The van der Waals surface area contributed by atoms with E-state index in [4.69, 9.17) is 0 Å². The van der Waals surface area contributed by atoms with E-state index in [1.54, 1.807) is 23.5 Å². The Hall–Kier alpha value is -2.46. The summed E-state index contributed by atoms with van der Waals surface area (Å²) in [6.45, 7) is 0. The van der Waals surface area contributed by atoms with Crippen LogP contribution in [0.4, 0.5) is 0 Å². The lowest BCUT2D eigenvalue weighted by molar-refractivity contribution is -0.255. The first-order chi connectivity index (χ1) is 9.74. The molecule has 1 aromatic heterocycles. The van der Waals surface area contributed by atoms with Crippen LogP contribution in [-0.2, 0) is 0 Å². The first-order valence-electron chi connectivity index (χ1n) is 6.07. The summed E-state index contributed by atoms with van der Waals surface area (Å²) in [7, 11) is 0. The summed E-state index contributed by atoms with van der Waals surface area (Å²) in [6, 6.07) is 16.5. The van der Waals surface area contributed by atoms with Crippen molar-refractivity contribution in [2.75, 3.05) is 0 Å². The van der Waals surface area contributed by atoms with Crippen LogP contribution in [0.15, 0.2) is 60.0 Å². The number of hydrogen-bond acceptors (Lipinski definition) is 4. The lowest BCUT2D eigenvalue weighted by Gasteiger charge is -2.02. The Balaban J connectivity index is 1.92. The highest BCUT2D eigenvalue weighted by atomic mass is 32.1. The van der Waals surface area contributed by atoms with Gasteiger partial charge in [-0.25, -0.2) is 4.98 Å². The molecule has 20 heavy (non-hydrogen) atoms. The van der Waals surface area contributed by atoms with Gasteiger partial charge in [0, 0.05) is 16.5 Å². The predicted molar refractivity (Wildman–Crippen MR) is 77.3 cm³/mol. The molecule has 98 valence electrons. The normalized spacial score (nSPS) is 10.4. The number of nitrogens with zero attached hydrogens (tertiary/aromatic N) is 1. The molecule has 0 aliphatic heterocycles. The third-order valence-corrected chi connectivity index (χ3v) is 3.83. The average Bonchev–Trinajstić information content (AvgIpc) is 2.98. The van der Waals surface area contributed by atoms with Crippen LogP contribution in [-0.4, -0.2) is 11.0 Å². The molecule has 0 atom stereocenters. The first kappa shape index (κ1) is 12.6. The van der Waals surface area contributed by atoms with Crippen molar-refractivity contribution in [1.82, 2.24) is 4.98 Å². The van der Waals surface area contributed by atoms with Gasteiger partial charge in [-0.2, -0.15) is 0 Å². The summed E-state index contributed by atoms with van der Waals surface area (Å²) in [6.07, 6.45) is 0. The van der Waals surface area contributed by atoms with Crippen LogP contribution < -0.4 is 5.11 Å². The fraction of sp³-hybridized carbons (Fsp3) is 0. The van der Waals surface area contributed by atoms with Crippen LogP contribution in [0, 0.1) is 0 Å². The second kappa shape index (κ2) is 5.27. The number of thiazole rings is 1. The maximum atomic E-state index is 10.7. The molecule has 3 rings (SSSR count). The minimum Gasteiger partial charge on any atom is -0.545 e. The Labute approximate surface area is 120 Å². The monoisotopic (exact) mass is 280 g/mol. The first-order valence-corrected chi connectivity index (χ1v) is 6.95. The van der Waals surface area contributed by atoms with Gasteiger partial charge in [-0.15, -0.1) is 11.3 Å². The number of carbonyl (C=O) groups is 1. The Bertz CT molecular complexity index is 733. The molecule has 0 unspecified atom stereocenters. The van der Waals surface area contributed by atoms with Crippen LogP contribution >= 0.6 is 11.3 Å². The van der Waals surface area contributed by atoms with Crippen LogP contribution in [0.2, 0.25) is 0 Å². The van der Waals surface area contributed by atoms with Crippen molar-refractivity contribution < 1.29 is 9.90 Å². The summed E-state index contributed by atoms with van der Waals surface area (Å²) < 4.78 is 0. The summed E-state index contributed by atoms with van der Waals surface area (Å²) in [5.41, 5.74) is 2.99. The van der Waals surface area contributed by atoms with Gasteiger partial charge in [-0.1, -0.05) is 54.6 Å². The van der Waals surface area contributed by atoms with Crippen molar-refractivity contribution >= 4 is 17.3 Å². The van der Waals surface area contributed by atoms with Gasteiger partial charge in [0.25, 0.3) is 0 Å². The topological polar surface area (TPSA) is 53.0 Å². The molecule has 4 heteroatoms. The lowest BCUT2D eigenvalue weighted by Crippen LogP contribution is -2.21. The Morgan fingerprint density at radius 1 is 0.950 bits per heavy atom. The lowest BCUT2D eigenvalue weighted by atomic mass is 10.1. The molecule has 0 radical (unpaired) electrons. The predicted octanol–water partition coefficient (Wildman–Crippen LogP) is 2.84. The molecule has 0 N–H and O–H groups in total. The SMILES string of the molecule is O=C([O-])c1ccc(-c2csc(-c3ccccc3)n2)cc1. The molecule has 0 aliphatic carbocycles. The van der Waals surface area contributed by atoms with Crippen molar-refractivity contribution in [2.45, 2.75) is 0 Å². The number of hydrogen-bond donors (Lipinski definition) is 0. The number of carboxylic acids is 1. The molecule has 0 amide bonds. The zero-order valence-corrected chi connectivity index (χ0v) is 11.3. The second-order valence-electron chi connectivity index (χ2n) is 4.27. The van der Waals surface area contributed by atoms with Crippen LogP contribution in [0.25, 0.3) is 21.8 Å². The van der Waals surface area contributed by atoms with E-state index in [9.17, 15) is 9.90 Å². The highest BCUT2D eigenvalue weighted by molar-refractivity contribution is 7.13. The third-order valence-electron chi connectivity index (χ3n) is 2.94. The Morgan fingerprint density at radius 2 is 1.65 bits per heavy atom. The van der Waals surface area contributed by atoms with Gasteiger partial charge in [0.05, 0.1) is 11.7 Å². The smallest absolute Gasteiger partial charge is 0.124 e. The molecule has 0 aliphatic rings. The molecule has 3 aromatic rings. The van der Waals surface area contributed by atoms with Gasteiger partial charge < -0.3 is 9.90 Å². The minimum absolute atomic E-state index is 0.173. The Kier molecular flexibility index (Phi) is 3.31. The number of benzene rings is 2. The number of rotatable bonds is 3. The van der Waals surface area contributed by atoms with Gasteiger partial charge in [0.15, 0.2) is 0 Å². The van der Waals surface area contributed by atoms with E-state index in [1.807, 2.05) is 35.7 Å². The summed E-state index contributed by atoms with van der Waals surface area (Å²) in [5.74, 6) is -1.17. The van der Waals surface area contributed by atoms with Gasteiger partial charge in [-0.3, -0.25) is 0 Å². The number of carbonyl (C=O) groups excluding carboxylic acids is 1. The molecule has 0 saturated heterocycles. The minimum atomic E-state index is -1.17. The van der Waals surface area contributed by atoms with E-state index in [2.05, 4.69) is 4.98 Å². The van der Waals surface area contributed by atoms with Gasteiger partial charge in [0.1, 0.15) is 5.01 Å². The van der Waals surface area contributed by atoms with E-state index >= 15 is 0 Å². The molecule has 2 aromatic carbocycles. The molecule has 0 bridgehead atoms. The van der Waals surface area contributed by atoms with E-state index in [-0.39, 0.29) is 5.56 Å². The van der Waals surface area contributed by atoms with Gasteiger partial charge >= 0.3 is 0 Å². The van der Waals surface area contributed by atoms with Gasteiger partial charge in [0.2, 0.25) is 0 Å². The highest BCUT2D eigenvalue weighted by Crippen LogP contribution is 2.28. The standard InChI is InChI=1S/C16H11NO2S/c18-16(19)13-8-6-11(7-9-13)14-10-20-15(17-14)12-4-2-1-3-5-12/h1-10H,(H,18,19)/p-1. The maximum Gasteiger partial charge on any atom is 0.124 e. The van der Waals surface area contributed by atoms with Crippen LogP contribution in [0.5, 0.6) is 0 Å². The van der Waals surface area contributed by atoms with E-state index < -0.39 is 5.97 Å². The van der Waals surface area contributed by atoms with Crippen molar-refractivity contribution in [3.8, 4) is 21.8 Å². The molecule has 0 fully saturated rings. The van der Waals surface area contributed by atoms with E-state index in [0.717, 1.165) is 21.8 Å². The second-order valence-corrected chi connectivity index (χ2v) is 5.13. The van der Waals surface area contributed by atoms with Crippen molar-refractivity contribution in [1.29, 1.82) is 0 Å². The van der Waals surface area contributed by atoms with Crippen LogP contribution in [0.3, 0.4) is 0 Å². The zero-order chi connectivity index (χ0) is 13.9. The summed E-state index contributed by atoms with van der Waals surface area (Å²) in [5, 5.41) is 13.6. The van der Waals surface area contributed by atoms with Crippen molar-refractivity contribution in [3.05, 3.63) is 65.5 Å². The van der Waals surface area contributed by atoms with Gasteiger partial charge in [-0.05, 0) is 5.56 Å². The highest BCUT2D eigenvalue weighted by Gasteiger charge is 2.06. The molecular weight excluding hydrogens is 270 g/mol. The third kappa shape index (κ3) is 2.46. The zero-order valence-electron chi connectivity index (χ0n) is 10.4. The summed E-state index contributed by atoms with van der Waals surface area (Å²) in [4.78, 5) is 15.3. The van der Waals surface area contributed by atoms with Crippen LogP contribution in [0.1, 0.15) is 10.4 Å². The quantitative estimate of drug-likeness (QED) is 0.741. The van der Waals surface area contributed by atoms with E-state index in [0.29, 0.717) is 0 Å². The molecule has 0 saturated carbocycles. The molecular formula is C16H10NO2S-. The maximum absolute atomic E-state index is 10.7. The largest absolute Gasteiger partial charge is 0.545 e. The molecule has 1 heterocycles. The average molecular weight is 280 g/mol. The number of aromatic nitrogens is 1. The van der Waals surface area contributed by atoms with Crippen molar-refractivity contribution in [2.24, 2.45) is 0 Å². The summed E-state index contributed by atoms with van der Waals surface area (Å²) >= 11 is 1.57. The van der Waals surface area contributed by atoms with Crippen molar-refractivity contribution in [3.63, 3.8) is 0 Å². The molecule has 3 nitrogen and oxygen atoms in total. The number of carboxylic acid groups (broad SMARTS) is 1. The van der Waals surface area contributed by atoms with E-state index in [1.165, 1.54) is 12.1 Å². The fourth-order valence-corrected chi connectivity index (χ4v) is 2.73. The fourth-order valence-electron chi connectivity index (χ4n) is 1.90.